The zero-order valence-corrected chi connectivity index (χ0v) is 20.5. The zero-order valence-electron chi connectivity index (χ0n) is 19.7. The lowest BCUT2D eigenvalue weighted by molar-refractivity contribution is 0.669. The summed E-state index contributed by atoms with van der Waals surface area (Å²) in [7, 11) is 0. The smallest absolute Gasteiger partial charge is 0.135 e. The van der Waals surface area contributed by atoms with E-state index in [1.165, 1.54) is 52.8 Å². The molecule has 0 bridgehead atoms. The Labute approximate surface area is 215 Å². The molecule has 0 saturated carbocycles. The van der Waals surface area contributed by atoms with Gasteiger partial charge in [0, 0.05) is 52.8 Å². The molecule has 0 saturated heterocycles. The quantitative estimate of drug-likeness (QED) is 0.224. The summed E-state index contributed by atoms with van der Waals surface area (Å²) in [6.45, 7) is 0. The molecule has 0 unspecified atom stereocenters. The fraction of sp³-hybridized carbons (Fsp3) is 0. The molecule has 6 aromatic carbocycles. The Hall–Kier alpha value is -4.60. The van der Waals surface area contributed by atoms with Gasteiger partial charge < -0.3 is 8.98 Å². The number of para-hydroxylation sites is 2. The van der Waals surface area contributed by atoms with Crippen LogP contribution in [-0.2, 0) is 0 Å². The summed E-state index contributed by atoms with van der Waals surface area (Å²) in [6.07, 6.45) is 0. The Morgan fingerprint density at radius 1 is 0.514 bits per heavy atom. The van der Waals surface area contributed by atoms with Gasteiger partial charge in [-0.2, -0.15) is 0 Å². The molecule has 0 aliphatic heterocycles. The van der Waals surface area contributed by atoms with E-state index in [4.69, 9.17) is 4.42 Å². The van der Waals surface area contributed by atoms with Crippen LogP contribution in [0.1, 0.15) is 0 Å². The molecule has 0 N–H and O–H groups in total. The van der Waals surface area contributed by atoms with Crippen molar-refractivity contribution in [2.24, 2.45) is 0 Å². The maximum Gasteiger partial charge on any atom is 0.135 e. The van der Waals surface area contributed by atoms with E-state index in [9.17, 15) is 0 Å². The van der Waals surface area contributed by atoms with E-state index in [2.05, 4.69) is 108 Å². The van der Waals surface area contributed by atoms with E-state index in [0.717, 1.165) is 27.6 Å². The average Bonchev–Trinajstić information content (AvgIpc) is 3.62. The van der Waals surface area contributed by atoms with Crippen molar-refractivity contribution in [3.8, 4) is 5.69 Å². The van der Waals surface area contributed by atoms with E-state index in [0.29, 0.717) is 0 Å². The molecule has 0 atom stereocenters. The number of aromatic nitrogens is 1. The van der Waals surface area contributed by atoms with E-state index in [1.807, 2.05) is 23.5 Å². The van der Waals surface area contributed by atoms with Gasteiger partial charge in [-0.25, -0.2) is 0 Å². The summed E-state index contributed by atoms with van der Waals surface area (Å²) in [5.74, 6) is 0. The van der Waals surface area contributed by atoms with Crippen LogP contribution in [0.3, 0.4) is 0 Å². The first kappa shape index (κ1) is 19.6. The number of hydrogen-bond acceptors (Lipinski definition) is 2. The van der Waals surface area contributed by atoms with Gasteiger partial charge in [0.2, 0.25) is 0 Å². The lowest BCUT2D eigenvalue weighted by Gasteiger charge is -2.11. The van der Waals surface area contributed by atoms with Crippen LogP contribution in [-0.4, -0.2) is 4.57 Å². The lowest BCUT2D eigenvalue weighted by atomic mass is 10.00. The second-order valence-corrected chi connectivity index (χ2v) is 10.8. The molecular formula is C34H19NOS. The highest BCUT2D eigenvalue weighted by Crippen LogP contribution is 2.48. The molecule has 9 aromatic rings. The lowest BCUT2D eigenvalue weighted by Crippen LogP contribution is -1.94. The fourth-order valence-corrected chi connectivity index (χ4v) is 7.52. The van der Waals surface area contributed by atoms with Crippen molar-refractivity contribution < 1.29 is 4.42 Å². The van der Waals surface area contributed by atoms with Crippen molar-refractivity contribution in [3.63, 3.8) is 0 Å². The maximum absolute atomic E-state index is 6.15. The van der Waals surface area contributed by atoms with Crippen molar-refractivity contribution in [3.05, 3.63) is 115 Å². The maximum atomic E-state index is 6.15. The summed E-state index contributed by atoms with van der Waals surface area (Å²) in [5, 5.41) is 10.2. The summed E-state index contributed by atoms with van der Waals surface area (Å²) in [6, 6.07) is 41.4. The molecule has 3 heteroatoms. The molecule has 0 radical (unpaired) electrons. The SMILES string of the molecule is c1ccc2c(c1)oc1ccc(-n3c4ccccc4c4c5sc6ccccc6c5c5ccccc5c43)cc12. The predicted octanol–water partition coefficient (Wildman–Crippen LogP) is 10.2. The minimum Gasteiger partial charge on any atom is -0.456 e. The molecule has 37 heavy (non-hydrogen) atoms. The van der Waals surface area contributed by atoms with E-state index >= 15 is 0 Å². The van der Waals surface area contributed by atoms with Crippen LogP contribution in [0.25, 0.3) is 80.4 Å². The summed E-state index contributed by atoms with van der Waals surface area (Å²) >= 11 is 1.91. The Morgan fingerprint density at radius 3 is 2.08 bits per heavy atom. The summed E-state index contributed by atoms with van der Waals surface area (Å²) in [5.41, 5.74) is 5.48. The van der Waals surface area contributed by atoms with Crippen LogP contribution in [0.15, 0.2) is 120 Å². The molecule has 2 nitrogen and oxygen atoms in total. The zero-order chi connectivity index (χ0) is 24.1. The van der Waals surface area contributed by atoms with Gasteiger partial charge in [-0.05, 0) is 41.8 Å². The molecule has 0 amide bonds. The third-order valence-corrected chi connectivity index (χ3v) is 8.96. The Balaban J connectivity index is 1.54. The number of rotatable bonds is 1. The highest BCUT2D eigenvalue weighted by atomic mass is 32.1. The first-order chi connectivity index (χ1) is 18.4. The number of hydrogen-bond donors (Lipinski definition) is 0. The van der Waals surface area contributed by atoms with Crippen molar-refractivity contribution in [2.75, 3.05) is 0 Å². The summed E-state index contributed by atoms with van der Waals surface area (Å²) in [4.78, 5) is 0. The summed E-state index contributed by atoms with van der Waals surface area (Å²) < 4.78 is 11.3. The third-order valence-electron chi connectivity index (χ3n) is 7.77. The number of thiophene rings is 1. The monoisotopic (exact) mass is 489 g/mol. The Morgan fingerprint density at radius 2 is 1.19 bits per heavy atom. The largest absolute Gasteiger partial charge is 0.456 e. The van der Waals surface area contributed by atoms with Crippen molar-refractivity contribution >= 4 is 86.0 Å². The van der Waals surface area contributed by atoms with Crippen LogP contribution in [0.5, 0.6) is 0 Å². The molecule has 3 aromatic heterocycles. The second kappa shape index (κ2) is 7.00. The number of nitrogens with zero attached hydrogens (tertiary/aromatic N) is 1. The van der Waals surface area contributed by atoms with Crippen LogP contribution < -0.4 is 0 Å². The van der Waals surface area contributed by atoms with Crippen LogP contribution >= 0.6 is 11.3 Å². The van der Waals surface area contributed by atoms with Gasteiger partial charge in [0.15, 0.2) is 0 Å². The van der Waals surface area contributed by atoms with Crippen LogP contribution in [0.4, 0.5) is 0 Å². The van der Waals surface area contributed by atoms with Gasteiger partial charge >= 0.3 is 0 Å². The number of fused-ring (bicyclic) bond motifs is 13. The highest BCUT2D eigenvalue weighted by Gasteiger charge is 2.21. The van der Waals surface area contributed by atoms with Gasteiger partial charge in [-0.1, -0.05) is 78.9 Å². The van der Waals surface area contributed by atoms with Crippen molar-refractivity contribution in [1.82, 2.24) is 4.57 Å². The minimum absolute atomic E-state index is 0.919. The Bertz CT molecular complexity index is 2370. The second-order valence-electron chi connectivity index (χ2n) is 9.70. The first-order valence-electron chi connectivity index (χ1n) is 12.5. The molecule has 0 spiro atoms. The minimum atomic E-state index is 0.919. The van der Waals surface area contributed by atoms with E-state index < -0.39 is 0 Å². The molecule has 3 heterocycles. The van der Waals surface area contributed by atoms with Crippen molar-refractivity contribution in [1.29, 1.82) is 0 Å². The van der Waals surface area contributed by atoms with Crippen LogP contribution in [0.2, 0.25) is 0 Å². The van der Waals surface area contributed by atoms with Crippen molar-refractivity contribution in [2.45, 2.75) is 0 Å². The topological polar surface area (TPSA) is 18.1 Å². The molecule has 0 aliphatic rings. The highest BCUT2D eigenvalue weighted by molar-refractivity contribution is 7.27. The number of benzene rings is 6. The van der Waals surface area contributed by atoms with E-state index in [-0.39, 0.29) is 0 Å². The standard InChI is InChI=1S/C34H19NOS/c1-2-11-23-22(10-1)31-25-13-5-8-16-30(25)37-34(31)32-24-12-3-6-14-27(24)35(33(23)32)20-17-18-29-26(19-20)21-9-4-7-15-28(21)36-29/h1-19H. The molecule has 0 fully saturated rings. The van der Waals surface area contributed by atoms with E-state index in [1.54, 1.807) is 0 Å². The normalized spacial score (nSPS) is 12.3. The first-order valence-corrected chi connectivity index (χ1v) is 13.4. The van der Waals surface area contributed by atoms with Gasteiger partial charge in [0.1, 0.15) is 11.2 Å². The molecule has 172 valence electrons. The van der Waals surface area contributed by atoms with Gasteiger partial charge in [0.05, 0.1) is 11.0 Å². The average molecular weight is 490 g/mol. The predicted molar refractivity (Wildman–Crippen MR) is 158 cm³/mol. The molecular weight excluding hydrogens is 470 g/mol. The van der Waals surface area contributed by atoms with Crippen LogP contribution in [0, 0.1) is 0 Å². The molecule has 9 rings (SSSR count). The molecule has 0 aliphatic carbocycles. The number of furan rings is 1. The van der Waals surface area contributed by atoms with Gasteiger partial charge in [0.25, 0.3) is 0 Å². The fourth-order valence-electron chi connectivity index (χ4n) is 6.24. The third kappa shape index (κ3) is 2.49. The Kier molecular flexibility index (Phi) is 3.70. The van der Waals surface area contributed by atoms with Gasteiger partial charge in [-0.15, -0.1) is 11.3 Å². The van der Waals surface area contributed by atoms with Gasteiger partial charge in [-0.3, -0.25) is 0 Å².